The zero-order valence-corrected chi connectivity index (χ0v) is 23.5. The minimum Gasteiger partial charge on any atom is -0.434 e. The lowest BCUT2D eigenvalue weighted by Crippen LogP contribution is -2.54. The number of rotatable bonds is 6. The number of pyridine rings is 2. The Balaban J connectivity index is 1.18. The molecule has 4 atom stereocenters. The standard InChI is InChI=1S/C28H32Cl2N6O4/c29-23-3-1-21(15-33-23)35-19-7-11-27(35,17-31-13-9-19)39-25(37)5-6-26(38)40-28-12-8-20(10-14-32-18-28)36(28)22-2-4-24(30)34-16-22/h1-6,15-16,19-20,31-32H,7-14,17-18H2/b6-5+. The third-order valence-corrected chi connectivity index (χ3v) is 8.82. The van der Waals surface area contributed by atoms with Gasteiger partial charge < -0.3 is 29.9 Å². The maximum Gasteiger partial charge on any atom is 0.333 e. The predicted molar refractivity (Wildman–Crippen MR) is 151 cm³/mol. The van der Waals surface area contributed by atoms with Crippen LogP contribution in [0.25, 0.3) is 0 Å². The molecule has 212 valence electrons. The van der Waals surface area contributed by atoms with Crippen molar-refractivity contribution in [3.05, 3.63) is 59.1 Å². The molecule has 0 amide bonds. The Bertz CT molecular complexity index is 1180. The molecule has 0 aromatic carbocycles. The number of carbonyl (C=O) groups excluding carboxylic acids is 2. The third-order valence-electron chi connectivity index (χ3n) is 8.37. The van der Waals surface area contributed by atoms with Crippen LogP contribution in [0.15, 0.2) is 48.8 Å². The smallest absolute Gasteiger partial charge is 0.333 e. The zero-order valence-electron chi connectivity index (χ0n) is 22.0. The quantitative estimate of drug-likeness (QED) is 0.297. The third kappa shape index (κ3) is 5.25. The van der Waals surface area contributed by atoms with Crippen LogP contribution >= 0.6 is 23.2 Å². The van der Waals surface area contributed by atoms with Crippen molar-refractivity contribution in [3.63, 3.8) is 0 Å². The molecule has 6 heterocycles. The van der Waals surface area contributed by atoms with E-state index in [1.54, 1.807) is 24.5 Å². The van der Waals surface area contributed by atoms with Gasteiger partial charge in [-0.3, -0.25) is 0 Å². The Labute approximate surface area is 243 Å². The lowest BCUT2D eigenvalue weighted by atomic mass is 10.1. The van der Waals surface area contributed by atoms with Gasteiger partial charge in [0.25, 0.3) is 0 Å². The Hall–Kier alpha value is -2.92. The highest BCUT2D eigenvalue weighted by Crippen LogP contribution is 2.43. The van der Waals surface area contributed by atoms with Crippen molar-refractivity contribution in [1.29, 1.82) is 0 Å². The van der Waals surface area contributed by atoms with E-state index in [0.29, 0.717) is 36.2 Å². The van der Waals surface area contributed by atoms with Crippen LogP contribution in [0.5, 0.6) is 0 Å². The molecule has 4 fully saturated rings. The molecule has 0 radical (unpaired) electrons. The van der Waals surface area contributed by atoms with Gasteiger partial charge in [-0.05, 0) is 63.0 Å². The molecule has 4 aliphatic rings. The molecule has 2 N–H and O–H groups in total. The van der Waals surface area contributed by atoms with Crippen molar-refractivity contribution in [2.45, 2.75) is 62.1 Å². The second-order valence-electron chi connectivity index (χ2n) is 10.8. The van der Waals surface area contributed by atoms with E-state index in [9.17, 15) is 9.59 Å². The number of aromatic nitrogens is 2. The zero-order chi connectivity index (χ0) is 27.7. The highest BCUT2D eigenvalue weighted by Gasteiger charge is 2.52. The van der Waals surface area contributed by atoms with Crippen LogP contribution in [0.2, 0.25) is 10.3 Å². The van der Waals surface area contributed by atoms with E-state index in [1.165, 1.54) is 0 Å². The van der Waals surface area contributed by atoms with Crippen LogP contribution in [-0.2, 0) is 19.1 Å². The van der Waals surface area contributed by atoms with Crippen LogP contribution in [0.4, 0.5) is 11.4 Å². The van der Waals surface area contributed by atoms with Gasteiger partial charge in [0.1, 0.15) is 10.3 Å². The summed E-state index contributed by atoms with van der Waals surface area (Å²) in [6.07, 6.45) is 10.7. The molecular formula is C28H32Cl2N6O4. The number of hydrogen-bond donors (Lipinski definition) is 2. The maximum atomic E-state index is 13.1. The first-order valence-electron chi connectivity index (χ1n) is 13.7. The van der Waals surface area contributed by atoms with E-state index in [1.807, 2.05) is 12.1 Å². The van der Waals surface area contributed by atoms with Gasteiger partial charge in [0, 0.05) is 37.1 Å². The van der Waals surface area contributed by atoms with Gasteiger partial charge in [-0.15, -0.1) is 0 Å². The lowest BCUT2D eigenvalue weighted by Gasteiger charge is -2.40. The minimum atomic E-state index is -0.886. The number of nitrogens with zero attached hydrogens (tertiary/aromatic N) is 4. The van der Waals surface area contributed by atoms with E-state index in [4.69, 9.17) is 32.7 Å². The molecule has 2 aromatic rings. The molecule has 10 nitrogen and oxygen atoms in total. The number of anilines is 2. The summed E-state index contributed by atoms with van der Waals surface area (Å²) in [7, 11) is 0. The Morgan fingerprint density at radius 3 is 1.62 bits per heavy atom. The first-order valence-corrected chi connectivity index (χ1v) is 14.5. The first-order chi connectivity index (χ1) is 19.4. The van der Waals surface area contributed by atoms with Crippen LogP contribution in [0.1, 0.15) is 38.5 Å². The number of esters is 2. The SMILES string of the molecule is O=C(/C=C/C(=O)OC12CCC(CCNC1)N2c1ccc(Cl)nc1)OC12CCC(CCNC1)N2c1ccc(Cl)nc1. The van der Waals surface area contributed by atoms with E-state index < -0.39 is 23.4 Å². The summed E-state index contributed by atoms with van der Waals surface area (Å²) >= 11 is 12.0. The average Bonchev–Trinajstić information content (AvgIpc) is 3.31. The fourth-order valence-corrected chi connectivity index (χ4v) is 6.94. The van der Waals surface area contributed by atoms with Crippen molar-refractivity contribution < 1.29 is 19.1 Å². The van der Waals surface area contributed by atoms with E-state index in [-0.39, 0.29) is 12.1 Å². The van der Waals surface area contributed by atoms with Crippen molar-refractivity contribution in [3.8, 4) is 0 Å². The van der Waals surface area contributed by atoms with E-state index >= 15 is 0 Å². The molecule has 4 unspecified atom stereocenters. The number of halogens is 2. The monoisotopic (exact) mass is 586 g/mol. The molecule has 6 rings (SSSR count). The number of nitrogens with one attached hydrogen (secondary N) is 2. The van der Waals surface area contributed by atoms with Gasteiger partial charge in [-0.1, -0.05) is 23.2 Å². The fourth-order valence-electron chi connectivity index (χ4n) is 6.71. The van der Waals surface area contributed by atoms with E-state index in [0.717, 1.165) is 62.3 Å². The summed E-state index contributed by atoms with van der Waals surface area (Å²) in [6, 6.07) is 7.66. The highest BCUT2D eigenvalue weighted by molar-refractivity contribution is 6.29. The van der Waals surface area contributed by atoms with Crippen molar-refractivity contribution in [2.24, 2.45) is 0 Å². The second kappa shape index (κ2) is 11.2. The fraction of sp³-hybridized carbons (Fsp3) is 0.500. The predicted octanol–water partition coefficient (Wildman–Crippen LogP) is 3.44. The molecule has 12 heteroatoms. The van der Waals surface area contributed by atoms with Gasteiger partial charge >= 0.3 is 11.9 Å². The molecule has 0 aliphatic carbocycles. The number of ether oxygens (including phenoxy) is 2. The molecule has 4 saturated heterocycles. The van der Waals surface area contributed by atoms with Crippen molar-refractivity contribution in [2.75, 3.05) is 36.0 Å². The Morgan fingerprint density at radius 2 is 1.23 bits per heavy atom. The maximum absolute atomic E-state index is 13.1. The summed E-state index contributed by atoms with van der Waals surface area (Å²) in [5.41, 5.74) is -0.0787. The summed E-state index contributed by atoms with van der Waals surface area (Å²) in [5, 5.41) is 7.59. The number of hydrogen-bond acceptors (Lipinski definition) is 10. The highest BCUT2D eigenvalue weighted by atomic mass is 35.5. The van der Waals surface area contributed by atoms with Gasteiger partial charge in [-0.25, -0.2) is 19.6 Å². The number of carbonyl (C=O) groups is 2. The molecule has 0 spiro atoms. The molecule has 2 aromatic heterocycles. The van der Waals surface area contributed by atoms with Crippen LogP contribution in [0, 0.1) is 0 Å². The van der Waals surface area contributed by atoms with Crippen molar-refractivity contribution >= 4 is 46.5 Å². The first kappa shape index (κ1) is 27.3. The Kier molecular flexibility index (Phi) is 7.60. The molecule has 40 heavy (non-hydrogen) atoms. The Morgan fingerprint density at radius 1 is 0.775 bits per heavy atom. The summed E-state index contributed by atoms with van der Waals surface area (Å²) in [5.74, 6) is -1.21. The van der Waals surface area contributed by atoms with Crippen molar-refractivity contribution in [1.82, 2.24) is 20.6 Å². The largest absolute Gasteiger partial charge is 0.434 e. The summed E-state index contributed by atoms with van der Waals surface area (Å²) < 4.78 is 12.2. The molecule has 0 saturated carbocycles. The minimum absolute atomic E-state index is 0.199. The molecule has 4 aliphatic heterocycles. The topological polar surface area (TPSA) is 109 Å². The molecular weight excluding hydrogens is 555 g/mol. The number of fused-ring (bicyclic) bond motifs is 4. The van der Waals surface area contributed by atoms with E-state index in [2.05, 4.69) is 30.4 Å². The summed E-state index contributed by atoms with van der Waals surface area (Å²) in [6.45, 7) is 2.58. The molecule has 4 bridgehead atoms. The van der Waals surface area contributed by atoms with Crippen LogP contribution in [0.3, 0.4) is 0 Å². The van der Waals surface area contributed by atoms with Gasteiger partial charge in [-0.2, -0.15) is 0 Å². The second-order valence-corrected chi connectivity index (χ2v) is 11.6. The van der Waals surface area contributed by atoms with Gasteiger partial charge in [0.15, 0.2) is 11.4 Å². The average molecular weight is 588 g/mol. The van der Waals surface area contributed by atoms with Gasteiger partial charge in [0.05, 0.1) is 36.9 Å². The summed E-state index contributed by atoms with van der Waals surface area (Å²) in [4.78, 5) is 39.0. The van der Waals surface area contributed by atoms with Gasteiger partial charge in [0.2, 0.25) is 0 Å². The van der Waals surface area contributed by atoms with Crippen LogP contribution in [-0.4, -0.2) is 71.6 Å². The lowest BCUT2D eigenvalue weighted by molar-refractivity contribution is -0.155. The normalized spacial score (nSPS) is 29.8. The van der Waals surface area contributed by atoms with Crippen LogP contribution < -0.4 is 20.4 Å².